The summed E-state index contributed by atoms with van der Waals surface area (Å²) in [5.74, 6) is -1.31. The largest absolute Gasteiger partial charge is 0.507 e. The van der Waals surface area contributed by atoms with Crippen LogP contribution in [0.3, 0.4) is 0 Å². The second-order valence-electron chi connectivity index (χ2n) is 7.62. The van der Waals surface area contributed by atoms with E-state index in [9.17, 15) is 4.79 Å². The van der Waals surface area contributed by atoms with Crippen LogP contribution in [0.5, 0.6) is 5.75 Å². The number of carbonyl (C=O) groups is 1. The summed E-state index contributed by atoms with van der Waals surface area (Å²) in [5.41, 5.74) is -0.0584. The van der Waals surface area contributed by atoms with Gasteiger partial charge in [0.05, 0.1) is 24.6 Å². The van der Waals surface area contributed by atoms with Gasteiger partial charge in [-0.05, 0) is 66.5 Å². The zero-order valence-corrected chi connectivity index (χ0v) is 21.4. The van der Waals surface area contributed by atoms with Gasteiger partial charge >= 0.3 is 5.97 Å². The van der Waals surface area contributed by atoms with E-state index in [4.69, 9.17) is 10.2 Å². The first-order valence-electron chi connectivity index (χ1n) is 10.9. The van der Waals surface area contributed by atoms with Gasteiger partial charge in [0.15, 0.2) is 0 Å². The summed E-state index contributed by atoms with van der Waals surface area (Å²) >= 11 is 1.98. The van der Waals surface area contributed by atoms with Crippen LogP contribution in [0.1, 0.15) is 89.4 Å². The second-order valence-corrected chi connectivity index (χ2v) is 13.3. The first-order chi connectivity index (χ1) is 13.4. The lowest BCUT2D eigenvalue weighted by Crippen LogP contribution is -2.12. The molecule has 3 nitrogen and oxygen atoms in total. The predicted octanol–water partition coefficient (Wildman–Crippen LogP) is 7.90. The molecule has 1 rings (SSSR count). The Morgan fingerprint density at radius 1 is 0.857 bits per heavy atom. The molecular weight excluding hydrogens is 482 g/mol. The van der Waals surface area contributed by atoms with Crippen LogP contribution in [-0.4, -0.2) is 40.8 Å². The molecule has 1 aromatic carbocycles. The number of carboxylic acids is 1. The standard InChI is InChI=1S/C16H36P.C7H5IO3/c1-5-9-13-17(14-10-6-2,15-11-7-3)16-12-8-4;8-4-1-2-6(9)5(3-4)7(10)11/h5-16H2,1-4H3;1-3,9H,(H,10,11)/q+1;. The molecule has 0 bridgehead atoms. The van der Waals surface area contributed by atoms with Crippen LogP contribution < -0.4 is 0 Å². The molecule has 28 heavy (non-hydrogen) atoms. The van der Waals surface area contributed by atoms with E-state index in [-0.39, 0.29) is 11.3 Å². The van der Waals surface area contributed by atoms with Crippen molar-refractivity contribution in [2.45, 2.75) is 79.1 Å². The van der Waals surface area contributed by atoms with Crippen molar-refractivity contribution in [3.63, 3.8) is 0 Å². The number of carboxylic acid groups (broad SMARTS) is 1. The molecule has 0 radical (unpaired) electrons. The summed E-state index contributed by atoms with van der Waals surface area (Å²) in [4.78, 5) is 10.4. The van der Waals surface area contributed by atoms with Crippen molar-refractivity contribution in [3.05, 3.63) is 27.3 Å². The Morgan fingerprint density at radius 2 is 1.25 bits per heavy atom. The van der Waals surface area contributed by atoms with Crippen LogP contribution in [0.15, 0.2) is 18.2 Å². The molecule has 0 fully saturated rings. The summed E-state index contributed by atoms with van der Waals surface area (Å²) < 4.78 is 0.790. The summed E-state index contributed by atoms with van der Waals surface area (Å²) in [6.07, 6.45) is 17.9. The third-order valence-corrected chi connectivity index (χ3v) is 10.9. The number of hydrogen-bond donors (Lipinski definition) is 2. The highest BCUT2D eigenvalue weighted by atomic mass is 127. The summed E-state index contributed by atoms with van der Waals surface area (Å²) in [5, 5.41) is 17.5. The maximum absolute atomic E-state index is 10.4. The predicted molar refractivity (Wildman–Crippen MR) is 134 cm³/mol. The van der Waals surface area contributed by atoms with E-state index in [1.165, 1.54) is 63.5 Å². The van der Waals surface area contributed by atoms with Crippen LogP contribution in [0.2, 0.25) is 0 Å². The minimum Gasteiger partial charge on any atom is -0.507 e. The van der Waals surface area contributed by atoms with Crippen molar-refractivity contribution < 1.29 is 15.0 Å². The molecule has 0 aromatic heterocycles. The molecular formula is C23H41IO3P+. The van der Waals surface area contributed by atoms with Crippen molar-refractivity contribution in [2.24, 2.45) is 0 Å². The zero-order chi connectivity index (χ0) is 21.4. The molecule has 0 aliphatic heterocycles. The van der Waals surface area contributed by atoms with Gasteiger partial charge in [-0.25, -0.2) is 4.79 Å². The maximum Gasteiger partial charge on any atom is 0.339 e. The third-order valence-electron chi connectivity index (χ3n) is 5.13. The fourth-order valence-electron chi connectivity index (χ4n) is 3.32. The molecule has 2 N–H and O–H groups in total. The van der Waals surface area contributed by atoms with Crippen LogP contribution in [0.25, 0.3) is 0 Å². The van der Waals surface area contributed by atoms with Gasteiger partial charge in [-0.1, -0.05) is 53.4 Å². The first-order valence-corrected chi connectivity index (χ1v) is 14.5. The van der Waals surface area contributed by atoms with Crippen LogP contribution >= 0.6 is 29.9 Å². The number of hydrogen-bond acceptors (Lipinski definition) is 2. The fraction of sp³-hybridized carbons (Fsp3) is 0.696. The maximum atomic E-state index is 10.4. The highest BCUT2D eigenvalue weighted by Gasteiger charge is 2.34. The van der Waals surface area contributed by atoms with Gasteiger partial charge in [0.2, 0.25) is 0 Å². The normalized spacial score (nSPS) is 11.0. The molecule has 0 aliphatic rings. The Kier molecular flexibility index (Phi) is 16.2. The minimum absolute atomic E-state index is 0.0584. The highest BCUT2D eigenvalue weighted by Crippen LogP contribution is 2.61. The van der Waals surface area contributed by atoms with Gasteiger partial charge < -0.3 is 10.2 Å². The highest BCUT2D eigenvalue weighted by molar-refractivity contribution is 14.1. The smallest absolute Gasteiger partial charge is 0.339 e. The zero-order valence-electron chi connectivity index (χ0n) is 18.3. The van der Waals surface area contributed by atoms with Crippen LogP contribution in [-0.2, 0) is 0 Å². The monoisotopic (exact) mass is 523 g/mol. The van der Waals surface area contributed by atoms with E-state index >= 15 is 0 Å². The van der Waals surface area contributed by atoms with E-state index in [0.29, 0.717) is 0 Å². The Bertz CT molecular complexity index is 511. The molecule has 0 saturated carbocycles. The fourth-order valence-corrected chi connectivity index (χ4v) is 9.11. The molecule has 0 aliphatic carbocycles. The summed E-state index contributed by atoms with van der Waals surface area (Å²) in [7, 11) is -0.562. The SMILES string of the molecule is CCCC[P+](CCCC)(CCCC)CCCC.O=C(O)c1cc(I)ccc1O. The number of aromatic hydroxyl groups is 1. The molecule has 0 heterocycles. The minimum atomic E-state index is -1.11. The molecule has 0 amide bonds. The quantitative estimate of drug-likeness (QED) is 0.204. The van der Waals surface area contributed by atoms with E-state index in [1.54, 1.807) is 30.7 Å². The van der Waals surface area contributed by atoms with Gasteiger partial charge in [0, 0.05) is 10.8 Å². The van der Waals surface area contributed by atoms with Crippen molar-refractivity contribution in [3.8, 4) is 5.75 Å². The third kappa shape index (κ3) is 11.6. The Morgan fingerprint density at radius 3 is 1.54 bits per heavy atom. The topological polar surface area (TPSA) is 57.5 Å². The number of unbranched alkanes of at least 4 members (excludes halogenated alkanes) is 4. The molecule has 1 aromatic rings. The summed E-state index contributed by atoms with van der Waals surface area (Å²) in [6.45, 7) is 9.42. The molecule has 0 spiro atoms. The van der Waals surface area contributed by atoms with E-state index < -0.39 is 13.2 Å². The number of rotatable bonds is 13. The molecule has 0 unspecified atom stereocenters. The van der Waals surface area contributed by atoms with Gasteiger partial charge in [0.1, 0.15) is 11.3 Å². The van der Waals surface area contributed by atoms with Gasteiger partial charge in [-0.3, -0.25) is 0 Å². The number of phenols is 1. The Labute approximate surface area is 187 Å². The van der Waals surface area contributed by atoms with Gasteiger partial charge in [0.25, 0.3) is 0 Å². The molecule has 0 saturated heterocycles. The Hall–Kier alpha value is -0.350. The molecule has 162 valence electrons. The number of aromatic carboxylic acids is 1. The van der Waals surface area contributed by atoms with E-state index in [2.05, 4.69) is 27.7 Å². The van der Waals surface area contributed by atoms with Crippen molar-refractivity contribution in [2.75, 3.05) is 24.6 Å². The van der Waals surface area contributed by atoms with E-state index in [1.807, 2.05) is 22.6 Å². The van der Waals surface area contributed by atoms with Crippen molar-refractivity contribution in [1.29, 1.82) is 0 Å². The lowest BCUT2D eigenvalue weighted by Gasteiger charge is -2.28. The van der Waals surface area contributed by atoms with Gasteiger partial charge in [-0.2, -0.15) is 0 Å². The second kappa shape index (κ2) is 16.4. The Balaban J connectivity index is 0.000000567. The van der Waals surface area contributed by atoms with Crippen molar-refractivity contribution >= 4 is 35.8 Å². The average Bonchev–Trinajstić information content (AvgIpc) is 2.69. The number of benzene rings is 1. The number of halogens is 1. The van der Waals surface area contributed by atoms with Gasteiger partial charge in [-0.15, -0.1) is 0 Å². The van der Waals surface area contributed by atoms with E-state index in [0.717, 1.165) is 3.57 Å². The summed E-state index contributed by atoms with van der Waals surface area (Å²) in [6, 6.07) is 4.42. The first kappa shape index (κ1) is 27.6. The van der Waals surface area contributed by atoms with Crippen LogP contribution in [0, 0.1) is 3.57 Å². The van der Waals surface area contributed by atoms with Crippen LogP contribution in [0.4, 0.5) is 0 Å². The lowest BCUT2D eigenvalue weighted by atomic mass is 10.2. The average molecular weight is 523 g/mol. The lowest BCUT2D eigenvalue weighted by molar-refractivity contribution is 0.0693. The van der Waals surface area contributed by atoms with Crippen molar-refractivity contribution in [1.82, 2.24) is 0 Å². The molecule has 5 heteroatoms. The molecule has 0 atom stereocenters.